The fraction of sp³-hybridized carbons (Fsp3) is 0.417. The summed E-state index contributed by atoms with van der Waals surface area (Å²) in [5, 5.41) is 2.87. The molecule has 1 saturated heterocycles. The van der Waals surface area contributed by atoms with Crippen molar-refractivity contribution in [3.05, 3.63) is 59.2 Å². The molecule has 1 heterocycles. The average molecular weight is 441 g/mol. The van der Waals surface area contributed by atoms with E-state index in [0.717, 1.165) is 31.2 Å². The van der Waals surface area contributed by atoms with Crippen LogP contribution >= 0.6 is 0 Å². The monoisotopic (exact) mass is 440 g/mol. The second-order valence-electron chi connectivity index (χ2n) is 8.44. The summed E-state index contributed by atoms with van der Waals surface area (Å²) in [7, 11) is -3.55. The van der Waals surface area contributed by atoms with Crippen LogP contribution in [-0.4, -0.2) is 37.5 Å². The molecule has 31 heavy (non-hydrogen) atoms. The number of carbonyl (C=O) groups excluding carboxylic acids is 2. The molecule has 4 rings (SSSR count). The fourth-order valence-electron chi connectivity index (χ4n) is 4.44. The van der Waals surface area contributed by atoms with Gasteiger partial charge in [-0.25, -0.2) is 8.42 Å². The highest BCUT2D eigenvalue weighted by Crippen LogP contribution is 2.28. The molecule has 2 aromatic rings. The van der Waals surface area contributed by atoms with E-state index in [1.165, 1.54) is 16.8 Å². The van der Waals surface area contributed by atoms with Gasteiger partial charge in [0.05, 0.1) is 4.90 Å². The predicted octanol–water partition coefficient (Wildman–Crippen LogP) is 3.81. The Kier molecular flexibility index (Phi) is 6.25. The highest BCUT2D eigenvalue weighted by Gasteiger charge is 2.32. The van der Waals surface area contributed by atoms with E-state index in [2.05, 4.69) is 5.32 Å². The number of hydrogen-bond donors (Lipinski definition) is 1. The van der Waals surface area contributed by atoms with Crippen LogP contribution in [0.5, 0.6) is 0 Å². The number of fused-ring (bicyclic) bond motifs is 1. The minimum Gasteiger partial charge on any atom is -0.326 e. The molecule has 1 N–H and O–H groups in total. The molecule has 1 fully saturated rings. The van der Waals surface area contributed by atoms with Crippen molar-refractivity contribution in [1.82, 2.24) is 4.31 Å². The zero-order chi connectivity index (χ0) is 22.0. The number of ketones is 1. The van der Waals surface area contributed by atoms with Gasteiger partial charge in [0.25, 0.3) is 0 Å². The Bertz CT molecular complexity index is 1100. The molecule has 0 radical (unpaired) electrons. The molecule has 0 unspecified atom stereocenters. The lowest BCUT2D eigenvalue weighted by Gasteiger charge is -2.31. The van der Waals surface area contributed by atoms with E-state index in [-0.39, 0.29) is 17.6 Å². The lowest BCUT2D eigenvalue weighted by molar-refractivity contribution is -0.120. The Hall–Kier alpha value is -2.51. The molecule has 0 spiro atoms. The number of aryl methyl sites for hydroxylation is 2. The first-order chi connectivity index (χ1) is 14.8. The smallest absolute Gasteiger partial charge is 0.243 e. The highest BCUT2D eigenvalue weighted by atomic mass is 32.2. The zero-order valence-corrected chi connectivity index (χ0v) is 18.6. The van der Waals surface area contributed by atoms with Gasteiger partial charge in [-0.3, -0.25) is 9.59 Å². The second-order valence-corrected chi connectivity index (χ2v) is 10.4. The normalized spacial score (nSPS) is 17.7. The SMILES string of the molecule is CC(=O)c1cccc(NC(=O)C2CCN(S(=O)(=O)c3ccc4c(c3)CCCC4)CC2)c1. The van der Waals surface area contributed by atoms with Crippen LogP contribution in [0.2, 0.25) is 0 Å². The predicted molar refractivity (Wildman–Crippen MR) is 120 cm³/mol. The van der Waals surface area contributed by atoms with E-state index in [1.54, 1.807) is 30.3 Å². The van der Waals surface area contributed by atoms with Crippen molar-refractivity contribution in [1.29, 1.82) is 0 Å². The third-order valence-corrected chi connectivity index (χ3v) is 8.21. The summed E-state index contributed by atoms with van der Waals surface area (Å²) in [6.07, 6.45) is 5.17. The fourth-order valence-corrected chi connectivity index (χ4v) is 5.96. The van der Waals surface area contributed by atoms with Gasteiger partial charge in [0, 0.05) is 30.3 Å². The third kappa shape index (κ3) is 4.72. The number of sulfonamides is 1. The number of nitrogens with zero attached hydrogens (tertiary/aromatic N) is 1. The van der Waals surface area contributed by atoms with Crippen molar-refractivity contribution < 1.29 is 18.0 Å². The maximum Gasteiger partial charge on any atom is 0.243 e. The minimum absolute atomic E-state index is 0.0585. The first kappa shape index (κ1) is 21.7. The van der Waals surface area contributed by atoms with Crippen LogP contribution in [0.15, 0.2) is 47.4 Å². The highest BCUT2D eigenvalue weighted by molar-refractivity contribution is 7.89. The summed E-state index contributed by atoms with van der Waals surface area (Å²) in [4.78, 5) is 24.6. The maximum absolute atomic E-state index is 13.1. The summed E-state index contributed by atoms with van der Waals surface area (Å²) in [6.45, 7) is 2.13. The van der Waals surface area contributed by atoms with Gasteiger partial charge in [0.15, 0.2) is 5.78 Å². The van der Waals surface area contributed by atoms with Gasteiger partial charge in [-0.15, -0.1) is 0 Å². The molecular formula is C24H28N2O4S. The van der Waals surface area contributed by atoms with Crippen LogP contribution in [-0.2, 0) is 27.7 Å². The van der Waals surface area contributed by atoms with Crippen LogP contribution < -0.4 is 5.32 Å². The largest absolute Gasteiger partial charge is 0.326 e. The van der Waals surface area contributed by atoms with Gasteiger partial charge in [-0.05, 0) is 80.8 Å². The molecule has 2 aromatic carbocycles. The number of rotatable bonds is 5. The van der Waals surface area contributed by atoms with Crippen LogP contribution in [0, 0.1) is 5.92 Å². The molecule has 0 aromatic heterocycles. The van der Waals surface area contributed by atoms with E-state index in [4.69, 9.17) is 0 Å². The number of anilines is 1. The Labute approximate surface area is 183 Å². The topological polar surface area (TPSA) is 83.6 Å². The lowest BCUT2D eigenvalue weighted by Crippen LogP contribution is -2.41. The molecule has 164 valence electrons. The Morgan fingerprint density at radius 2 is 1.68 bits per heavy atom. The zero-order valence-electron chi connectivity index (χ0n) is 17.8. The summed E-state index contributed by atoms with van der Waals surface area (Å²) in [6, 6.07) is 12.4. The molecule has 0 bridgehead atoms. The van der Waals surface area contributed by atoms with E-state index in [0.29, 0.717) is 42.1 Å². The molecule has 2 aliphatic rings. The number of nitrogens with one attached hydrogen (secondary N) is 1. The van der Waals surface area contributed by atoms with Gasteiger partial charge in [-0.1, -0.05) is 18.2 Å². The molecule has 1 aliphatic carbocycles. The molecule has 0 saturated carbocycles. The quantitative estimate of drug-likeness (QED) is 0.717. The van der Waals surface area contributed by atoms with Crippen LogP contribution in [0.25, 0.3) is 0 Å². The first-order valence-corrected chi connectivity index (χ1v) is 12.3. The standard InChI is InChI=1S/C24H28N2O4S/c1-17(27)20-7-4-8-22(15-20)25-24(28)19-11-13-26(14-12-19)31(29,30)23-10-9-18-5-2-3-6-21(18)16-23/h4,7-10,15-16,19H,2-3,5-6,11-14H2,1H3,(H,25,28). The maximum atomic E-state index is 13.1. The van der Waals surface area contributed by atoms with E-state index in [1.807, 2.05) is 12.1 Å². The van der Waals surface area contributed by atoms with Gasteiger partial charge < -0.3 is 5.32 Å². The number of piperidine rings is 1. The van der Waals surface area contributed by atoms with Gasteiger partial charge in [-0.2, -0.15) is 4.31 Å². The van der Waals surface area contributed by atoms with Crippen molar-refractivity contribution in [2.45, 2.75) is 50.3 Å². The molecule has 7 heteroatoms. The van der Waals surface area contributed by atoms with Crippen LogP contribution in [0.1, 0.15) is 54.1 Å². The second kappa shape index (κ2) is 8.93. The molecule has 1 aliphatic heterocycles. The molecule has 1 amide bonds. The Balaban J connectivity index is 1.39. The summed E-state index contributed by atoms with van der Waals surface area (Å²) >= 11 is 0. The summed E-state index contributed by atoms with van der Waals surface area (Å²) in [5.41, 5.74) is 3.54. The number of carbonyl (C=O) groups is 2. The molecular weight excluding hydrogens is 412 g/mol. The number of amides is 1. The Morgan fingerprint density at radius 3 is 2.39 bits per heavy atom. The Morgan fingerprint density at radius 1 is 0.968 bits per heavy atom. The summed E-state index contributed by atoms with van der Waals surface area (Å²) < 4.78 is 27.8. The first-order valence-electron chi connectivity index (χ1n) is 10.9. The van der Waals surface area contributed by atoms with Crippen molar-refractivity contribution in [3.63, 3.8) is 0 Å². The number of Topliss-reactive ketones (excluding diaryl/α,β-unsaturated/α-hetero) is 1. The minimum atomic E-state index is -3.55. The number of hydrogen-bond acceptors (Lipinski definition) is 4. The van der Waals surface area contributed by atoms with E-state index < -0.39 is 10.0 Å². The summed E-state index contributed by atoms with van der Waals surface area (Å²) in [5.74, 6) is -0.445. The third-order valence-electron chi connectivity index (χ3n) is 6.32. The molecule has 0 atom stereocenters. The van der Waals surface area contributed by atoms with Crippen LogP contribution in [0.4, 0.5) is 5.69 Å². The van der Waals surface area contributed by atoms with Crippen LogP contribution in [0.3, 0.4) is 0 Å². The number of benzene rings is 2. The van der Waals surface area contributed by atoms with Crippen molar-refractivity contribution in [2.24, 2.45) is 5.92 Å². The van der Waals surface area contributed by atoms with Crippen molar-refractivity contribution in [2.75, 3.05) is 18.4 Å². The van der Waals surface area contributed by atoms with E-state index in [9.17, 15) is 18.0 Å². The lowest BCUT2D eigenvalue weighted by atomic mass is 9.92. The van der Waals surface area contributed by atoms with Gasteiger partial charge in [0.1, 0.15) is 0 Å². The van der Waals surface area contributed by atoms with Crippen molar-refractivity contribution in [3.8, 4) is 0 Å². The van der Waals surface area contributed by atoms with E-state index >= 15 is 0 Å². The average Bonchev–Trinajstić information content (AvgIpc) is 2.79. The molecule has 6 nitrogen and oxygen atoms in total. The van der Waals surface area contributed by atoms with Crippen molar-refractivity contribution >= 4 is 27.4 Å². The van der Waals surface area contributed by atoms with Gasteiger partial charge >= 0.3 is 0 Å². The van der Waals surface area contributed by atoms with Gasteiger partial charge in [0.2, 0.25) is 15.9 Å².